The van der Waals surface area contributed by atoms with E-state index in [0.717, 1.165) is 23.9 Å². The number of ether oxygens (including phenoxy) is 2. The van der Waals surface area contributed by atoms with E-state index >= 15 is 0 Å². The molecule has 1 aliphatic rings. The molecule has 0 radical (unpaired) electrons. The van der Waals surface area contributed by atoms with E-state index in [9.17, 15) is 9.59 Å². The van der Waals surface area contributed by atoms with E-state index in [4.69, 9.17) is 9.47 Å². The average molecular weight is 461 g/mol. The summed E-state index contributed by atoms with van der Waals surface area (Å²) in [6, 6.07) is 12.2. The highest BCUT2D eigenvalue weighted by atomic mass is 79.9. The molecule has 7 heteroatoms. The number of anilines is 1. The van der Waals surface area contributed by atoms with Gasteiger partial charge in [-0.25, -0.2) is 0 Å². The summed E-state index contributed by atoms with van der Waals surface area (Å²) in [5.74, 6) is 0.00732. The van der Waals surface area contributed by atoms with Crippen molar-refractivity contribution in [3.05, 3.63) is 58.1 Å². The molecule has 1 unspecified atom stereocenters. The molecule has 0 bridgehead atoms. The van der Waals surface area contributed by atoms with Crippen LogP contribution in [0.15, 0.2) is 46.9 Å². The van der Waals surface area contributed by atoms with Crippen LogP contribution in [0.3, 0.4) is 0 Å². The third kappa shape index (κ3) is 6.05. The van der Waals surface area contributed by atoms with E-state index in [2.05, 4.69) is 26.6 Å². The van der Waals surface area contributed by atoms with Crippen LogP contribution in [-0.2, 0) is 4.74 Å². The molecule has 29 heavy (non-hydrogen) atoms. The van der Waals surface area contributed by atoms with Crippen molar-refractivity contribution in [1.82, 2.24) is 5.32 Å². The highest BCUT2D eigenvalue weighted by molar-refractivity contribution is 9.10. The van der Waals surface area contributed by atoms with Crippen molar-refractivity contribution in [2.24, 2.45) is 0 Å². The van der Waals surface area contributed by atoms with Gasteiger partial charge in [0.2, 0.25) is 0 Å². The van der Waals surface area contributed by atoms with Crippen LogP contribution in [0.5, 0.6) is 5.75 Å². The molecule has 6 nitrogen and oxygen atoms in total. The number of amides is 2. The van der Waals surface area contributed by atoms with Crippen LogP contribution in [0, 0.1) is 0 Å². The molecule has 2 N–H and O–H groups in total. The summed E-state index contributed by atoms with van der Waals surface area (Å²) in [6.07, 6.45) is 2.01. The Morgan fingerprint density at radius 3 is 2.76 bits per heavy atom. The maximum atomic E-state index is 12.8. The Hall–Kier alpha value is -2.38. The smallest absolute Gasteiger partial charge is 0.259 e. The summed E-state index contributed by atoms with van der Waals surface area (Å²) in [7, 11) is 0. The first kappa shape index (κ1) is 21.3. The fraction of sp³-hybridized carbons (Fsp3) is 0.364. The average Bonchev–Trinajstić information content (AvgIpc) is 3.21. The SMILES string of the molecule is CC(C)Oc1ccc(Br)cc1C(=O)Nc1cccc(C(=O)NCC2CCCO2)c1. The number of halogens is 1. The van der Waals surface area contributed by atoms with Crippen molar-refractivity contribution < 1.29 is 19.1 Å². The molecule has 2 amide bonds. The van der Waals surface area contributed by atoms with Crippen LogP contribution in [0.2, 0.25) is 0 Å². The van der Waals surface area contributed by atoms with Crippen molar-refractivity contribution in [1.29, 1.82) is 0 Å². The van der Waals surface area contributed by atoms with E-state index in [1.165, 1.54) is 0 Å². The van der Waals surface area contributed by atoms with Gasteiger partial charge in [0.1, 0.15) is 5.75 Å². The molecule has 154 valence electrons. The van der Waals surface area contributed by atoms with Crippen LogP contribution in [0.25, 0.3) is 0 Å². The van der Waals surface area contributed by atoms with E-state index in [1.54, 1.807) is 36.4 Å². The van der Waals surface area contributed by atoms with E-state index in [1.807, 2.05) is 19.9 Å². The van der Waals surface area contributed by atoms with Crippen molar-refractivity contribution in [3.63, 3.8) is 0 Å². The van der Waals surface area contributed by atoms with Gasteiger partial charge in [-0.2, -0.15) is 0 Å². The zero-order valence-electron chi connectivity index (χ0n) is 16.5. The van der Waals surface area contributed by atoms with Crippen LogP contribution < -0.4 is 15.4 Å². The number of carbonyl (C=O) groups excluding carboxylic acids is 2. The second-order valence-electron chi connectivity index (χ2n) is 7.19. The maximum Gasteiger partial charge on any atom is 0.259 e. The molecule has 2 aromatic carbocycles. The first-order chi connectivity index (χ1) is 13.9. The van der Waals surface area contributed by atoms with Gasteiger partial charge >= 0.3 is 0 Å². The minimum absolute atomic E-state index is 0.0569. The Morgan fingerprint density at radius 2 is 2.03 bits per heavy atom. The summed E-state index contributed by atoms with van der Waals surface area (Å²) in [5, 5.41) is 5.74. The molecule has 0 saturated carbocycles. The van der Waals surface area contributed by atoms with Crippen LogP contribution in [0.4, 0.5) is 5.69 Å². The molecule has 2 aromatic rings. The molecule has 0 aromatic heterocycles. The largest absolute Gasteiger partial charge is 0.490 e. The summed E-state index contributed by atoms with van der Waals surface area (Å²) >= 11 is 3.39. The molecule has 0 spiro atoms. The van der Waals surface area contributed by atoms with Gasteiger partial charge < -0.3 is 20.1 Å². The number of hydrogen-bond acceptors (Lipinski definition) is 4. The lowest BCUT2D eigenvalue weighted by Crippen LogP contribution is -2.31. The van der Waals surface area contributed by atoms with Crippen LogP contribution in [-0.4, -0.2) is 37.2 Å². The fourth-order valence-corrected chi connectivity index (χ4v) is 3.45. The molecule has 1 heterocycles. The van der Waals surface area contributed by atoms with Crippen molar-refractivity contribution >= 4 is 33.4 Å². The molecule has 0 aliphatic carbocycles. The second-order valence-corrected chi connectivity index (χ2v) is 8.10. The standard InChI is InChI=1S/C22H25BrN2O4/c1-14(2)29-20-9-8-16(23)12-19(20)22(27)25-17-6-3-5-15(11-17)21(26)24-13-18-7-4-10-28-18/h3,5-6,8-9,11-12,14,18H,4,7,10,13H2,1-2H3,(H,24,26)(H,25,27). The first-order valence-corrected chi connectivity index (χ1v) is 10.5. The number of benzene rings is 2. The highest BCUT2D eigenvalue weighted by Crippen LogP contribution is 2.25. The van der Waals surface area contributed by atoms with Gasteiger partial charge in [0, 0.05) is 28.9 Å². The molecule has 1 aliphatic heterocycles. The number of nitrogens with one attached hydrogen (secondary N) is 2. The van der Waals surface area contributed by atoms with E-state index < -0.39 is 0 Å². The Labute approximate surface area is 179 Å². The molecule has 1 fully saturated rings. The van der Waals surface area contributed by atoms with Gasteiger partial charge in [-0.15, -0.1) is 0 Å². The van der Waals surface area contributed by atoms with Gasteiger partial charge in [-0.05, 0) is 63.1 Å². The summed E-state index contributed by atoms with van der Waals surface area (Å²) in [6.45, 7) is 5.05. The summed E-state index contributed by atoms with van der Waals surface area (Å²) < 4.78 is 12.0. The van der Waals surface area contributed by atoms with Gasteiger partial charge in [-0.1, -0.05) is 22.0 Å². The van der Waals surface area contributed by atoms with Crippen molar-refractivity contribution in [2.75, 3.05) is 18.5 Å². The highest BCUT2D eigenvalue weighted by Gasteiger charge is 2.18. The Bertz CT molecular complexity index is 879. The molecule has 1 saturated heterocycles. The third-order valence-electron chi connectivity index (χ3n) is 4.45. The molecule has 1 atom stereocenters. The quantitative estimate of drug-likeness (QED) is 0.641. The zero-order chi connectivity index (χ0) is 20.8. The minimum atomic E-state index is -0.307. The van der Waals surface area contributed by atoms with Gasteiger partial charge in [0.25, 0.3) is 11.8 Å². The predicted molar refractivity (Wildman–Crippen MR) is 116 cm³/mol. The third-order valence-corrected chi connectivity index (χ3v) is 4.94. The van der Waals surface area contributed by atoms with Crippen molar-refractivity contribution in [2.45, 2.75) is 38.9 Å². The fourth-order valence-electron chi connectivity index (χ4n) is 3.09. The molecular formula is C22H25BrN2O4. The van der Waals surface area contributed by atoms with Crippen LogP contribution in [0.1, 0.15) is 47.4 Å². The first-order valence-electron chi connectivity index (χ1n) is 9.70. The van der Waals surface area contributed by atoms with Crippen molar-refractivity contribution in [3.8, 4) is 5.75 Å². The lowest BCUT2D eigenvalue weighted by molar-refractivity contribution is 0.0857. The summed E-state index contributed by atoms with van der Waals surface area (Å²) in [5.41, 5.74) is 1.44. The van der Waals surface area contributed by atoms with E-state index in [-0.39, 0.29) is 24.0 Å². The topological polar surface area (TPSA) is 76.7 Å². The second kappa shape index (κ2) is 9.89. The number of carbonyl (C=O) groups is 2. The van der Waals surface area contributed by atoms with Gasteiger partial charge in [-0.3, -0.25) is 9.59 Å². The lowest BCUT2D eigenvalue weighted by Gasteiger charge is -2.15. The Morgan fingerprint density at radius 1 is 1.21 bits per heavy atom. The summed E-state index contributed by atoms with van der Waals surface area (Å²) in [4.78, 5) is 25.2. The van der Waals surface area contributed by atoms with Gasteiger partial charge in [0.05, 0.1) is 17.8 Å². The zero-order valence-corrected chi connectivity index (χ0v) is 18.1. The maximum absolute atomic E-state index is 12.8. The Kier molecular flexibility index (Phi) is 7.28. The number of hydrogen-bond donors (Lipinski definition) is 2. The molecule has 3 rings (SSSR count). The van der Waals surface area contributed by atoms with Crippen LogP contribution >= 0.6 is 15.9 Å². The molecular weight excluding hydrogens is 436 g/mol. The lowest BCUT2D eigenvalue weighted by atomic mass is 10.1. The monoisotopic (exact) mass is 460 g/mol. The normalized spacial score (nSPS) is 15.9. The van der Waals surface area contributed by atoms with Gasteiger partial charge in [0.15, 0.2) is 0 Å². The number of rotatable bonds is 7. The minimum Gasteiger partial charge on any atom is -0.490 e. The van der Waals surface area contributed by atoms with E-state index in [0.29, 0.717) is 29.1 Å². The Balaban J connectivity index is 1.69. The predicted octanol–water partition coefficient (Wildman–Crippen LogP) is 4.40.